The Morgan fingerprint density at radius 2 is 2.32 bits per heavy atom. The third kappa shape index (κ3) is 1.95. The number of benzene rings is 1. The molecule has 3 rings (SSSR count). The van der Waals surface area contributed by atoms with Crippen LogP contribution in [0.25, 0.3) is 11.4 Å². The highest BCUT2D eigenvalue weighted by atomic mass is 16.5. The molecule has 7 heteroatoms. The molecule has 1 aromatic carbocycles. The molecule has 0 saturated carbocycles. The van der Waals surface area contributed by atoms with E-state index in [0.29, 0.717) is 18.1 Å². The van der Waals surface area contributed by atoms with Crippen molar-refractivity contribution >= 4 is 17.4 Å². The molecular formula is C12H11N5O2. The minimum Gasteiger partial charge on any atom is -0.463 e. The minimum absolute atomic E-state index is 0.324. The molecule has 0 spiro atoms. The van der Waals surface area contributed by atoms with Crippen molar-refractivity contribution in [3.8, 4) is 5.69 Å². The highest BCUT2D eigenvalue weighted by Crippen LogP contribution is 2.29. The number of nitrogens with one attached hydrogen (secondary N) is 1. The third-order valence-electron chi connectivity index (χ3n) is 2.66. The predicted octanol–water partition coefficient (Wildman–Crippen LogP) is 0.992. The van der Waals surface area contributed by atoms with Gasteiger partial charge < -0.3 is 10.1 Å². The number of hydrogen-bond acceptors (Lipinski definition) is 6. The van der Waals surface area contributed by atoms with Crippen molar-refractivity contribution in [1.29, 1.82) is 0 Å². The zero-order valence-corrected chi connectivity index (χ0v) is 10.2. The van der Waals surface area contributed by atoms with Crippen molar-refractivity contribution in [2.45, 2.75) is 6.92 Å². The number of nitrogens with zero attached hydrogens (tertiary/aromatic N) is 4. The van der Waals surface area contributed by atoms with Gasteiger partial charge in [0.2, 0.25) is 5.82 Å². The first-order valence-corrected chi connectivity index (χ1v) is 5.83. The number of ether oxygens (including phenoxy) is 1. The zero-order valence-electron chi connectivity index (χ0n) is 10.2. The highest BCUT2D eigenvalue weighted by molar-refractivity contribution is 5.95. The van der Waals surface area contributed by atoms with Crippen molar-refractivity contribution in [1.82, 2.24) is 20.2 Å². The largest absolute Gasteiger partial charge is 0.463 e. The molecule has 1 N–H and O–H groups in total. The Morgan fingerprint density at radius 1 is 1.47 bits per heavy atom. The summed E-state index contributed by atoms with van der Waals surface area (Å²) in [6.07, 6.45) is 1.35. The van der Waals surface area contributed by atoms with Gasteiger partial charge in [0.25, 0.3) is 0 Å². The minimum atomic E-state index is -0.432. The molecule has 0 aliphatic carbocycles. The van der Waals surface area contributed by atoms with Crippen LogP contribution in [0.5, 0.6) is 0 Å². The molecule has 19 heavy (non-hydrogen) atoms. The monoisotopic (exact) mass is 257 g/mol. The summed E-state index contributed by atoms with van der Waals surface area (Å²) in [5.74, 6) is 0.0469. The van der Waals surface area contributed by atoms with Gasteiger partial charge in [0.15, 0.2) is 0 Å². The number of carbonyl (C=O) groups excluding carboxylic acids is 1. The summed E-state index contributed by atoms with van der Waals surface area (Å²) in [5.41, 5.74) is 2.18. The molecule has 96 valence electrons. The van der Waals surface area contributed by atoms with Crippen LogP contribution in [0.3, 0.4) is 0 Å². The van der Waals surface area contributed by atoms with Crippen LogP contribution in [-0.2, 0) is 9.53 Å². The second-order valence-corrected chi connectivity index (χ2v) is 3.87. The average Bonchev–Trinajstić information content (AvgIpc) is 2.89. The van der Waals surface area contributed by atoms with Crippen molar-refractivity contribution in [3.05, 3.63) is 36.2 Å². The van der Waals surface area contributed by atoms with Crippen LogP contribution >= 0.6 is 0 Å². The normalized spacial score (nSPS) is 14.5. The van der Waals surface area contributed by atoms with Gasteiger partial charge in [-0.15, -0.1) is 5.10 Å². The second kappa shape index (κ2) is 4.52. The van der Waals surface area contributed by atoms with E-state index in [4.69, 9.17) is 4.74 Å². The second-order valence-electron chi connectivity index (χ2n) is 3.87. The molecule has 1 aliphatic heterocycles. The number of fused-ring (bicyclic) bond motifs is 3. The summed E-state index contributed by atoms with van der Waals surface area (Å²) in [4.78, 5) is 11.5. The summed E-state index contributed by atoms with van der Waals surface area (Å²) >= 11 is 0. The van der Waals surface area contributed by atoms with Crippen molar-refractivity contribution in [2.24, 2.45) is 0 Å². The zero-order chi connectivity index (χ0) is 13.2. The number of para-hydroxylation sites is 2. The van der Waals surface area contributed by atoms with Crippen LogP contribution in [0.2, 0.25) is 0 Å². The first kappa shape index (κ1) is 11.4. The summed E-state index contributed by atoms with van der Waals surface area (Å²) in [6, 6.07) is 7.57. The lowest BCUT2D eigenvalue weighted by Gasteiger charge is -2.19. The Balaban J connectivity index is 2.06. The van der Waals surface area contributed by atoms with E-state index in [2.05, 4.69) is 20.8 Å². The van der Waals surface area contributed by atoms with Gasteiger partial charge in [-0.2, -0.15) is 4.68 Å². The lowest BCUT2D eigenvalue weighted by molar-refractivity contribution is -0.137. The molecule has 7 nitrogen and oxygen atoms in total. The fourth-order valence-electron chi connectivity index (χ4n) is 1.88. The molecule has 0 unspecified atom stereocenters. The van der Waals surface area contributed by atoms with Gasteiger partial charge in [0, 0.05) is 0 Å². The fourth-order valence-corrected chi connectivity index (χ4v) is 1.88. The number of hydrogen-bond donors (Lipinski definition) is 1. The summed E-state index contributed by atoms with van der Waals surface area (Å²) in [7, 11) is 0. The predicted molar refractivity (Wildman–Crippen MR) is 67.4 cm³/mol. The molecule has 2 heterocycles. The Kier molecular flexibility index (Phi) is 2.71. The van der Waals surface area contributed by atoms with E-state index < -0.39 is 5.97 Å². The molecule has 0 amide bonds. The molecule has 1 aliphatic rings. The van der Waals surface area contributed by atoms with E-state index in [0.717, 1.165) is 11.4 Å². The average molecular weight is 257 g/mol. The maximum absolute atomic E-state index is 11.5. The maximum Gasteiger partial charge on any atom is 0.332 e. The van der Waals surface area contributed by atoms with Gasteiger partial charge in [-0.3, -0.25) is 0 Å². The lowest BCUT2D eigenvalue weighted by atomic mass is 10.2. The van der Waals surface area contributed by atoms with E-state index in [9.17, 15) is 4.79 Å². The Labute approximate surface area is 108 Å². The van der Waals surface area contributed by atoms with E-state index in [-0.39, 0.29) is 0 Å². The topological polar surface area (TPSA) is 81.9 Å². The molecule has 0 fully saturated rings. The molecule has 1 aromatic heterocycles. The van der Waals surface area contributed by atoms with Gasteiger partial charge in [0.1, 0.15) is 0 Å². The first-order valence-electron chi connectivity index (χ1n) is 5.83. The number of tetrazole rings is 1. The summed E-state index contributed by atoms with van der Waals surface area (Å²) in [6.45, 7) is 2.08. The Bertz CT molecular complexity index is 662. The Morgan fingerprint density at radius 3 is 3.16 bits per heavy atom. The molecule has 0 atom stereocenters. The summed E-state index contributed by atoms with van der Waals surface area (Å²) in [5, 5.41) is 14.6. The number of carbonyl (C=O) groups is 1. The van der Waals surface area contributed by atoms with Gasteiger partial charge in [-0.05, 0) is 29.5 Å². The number of anilines is 1. The first-order chi connectivity index (χ1) is 9.29. The third-order valence-corrected chi connectivity index (χ3v) is 2.66. The van der Waals surface area contributed by atoms with Crippen LogP contribution < -0.4 is 5.32 Å². The molecule has 2 aromatic rings. The summed E-state index contributed by atoms with van der Waals surface area (Å²) < 4.78 is 6.47. The smallest absolute Gasteiger partial charge is 0.332 e. The maximum atomic E-state index is 11.5. The molecular weight excluding hydrogens is 246 g/mol. The SMILES string of the molecule is CCOC(=O)C=C1Nc2ccccc2-n2nnnc21. The van der Waals surface area contributed by atoms with Crippen LogP contribution in [0.1, 0.15) is 12.7 Å². The van der Waals surface area contributed by atoms with Crippen LogP contribution in [0.15, 0.2) is 30.3 Å². The highest BCUT2D eigenvalue weighted by Gasteiger charge is 2.22. The number of aromatic nitrogens is 4. The standard InChI is InChI=1S/C12H11N5O2/c1-2-19-11(18)7-9-12-14-15-16-17(12)10-6-4-3-5-8(10)13-9/h3-7,13H,2H2,1H3. The molecule has 0 saturated heterocycles. The van der Waals surface area contributed by atoms with Gasteiger partial charge >= 0.3 is 5.97 Å². The van der Waals surface area contributed by atoms with Gasteiger partial charge in [-0.25, -0.2) is 4.79 Å². The lowest BCUT2D eigenvalue weighted by Crippen LogP contribution is -2.17. The van der Waals surface area contributed by atoms with Gasteiger partial charge in [-0.1, -0.05) is 12.1 Å². The van der Waals surface area contributed by atoms with Crippen molar-refractivity contribution in [3.63, 3.8) is 0 Å². The van der Waals surface area contributed by atoms with Crippen LogP contribution in [0.4, 0.5) is 5.69 Å². The van der Waals surface area contributed by atoms with Crippen LogP contribution in [0, 0.1) is 0 Å². The van der Waals surface area contributed by atoms with Crippen molar-refractivity contribution < 1.29 is 9.53 Å². The number of rotatable bonds is 2. The van der Waals surface area contributed by atoms with E-state index in [1.807, 2.05) is 24.3 Å². The van der Waals surface area contributed by atoms with Crippen LogP contribution in [-0.4, -0.2) is 32.8 Å². The van der Waals surface area contributed by atoms with Crippen molar-refractivity contribution in [2.75, 3.05) is 11.9 Å². The van der Waals surface area contributed by atoms with E-state index >= 15 is 0 Å². The number of esters is 1. The Hall–Kier alpha value is -2.70. The van der Waals surface area contributed by atoms with E-state index in [1.165, 1.54) is 6.08 Å². The molecule has 0 bridgehead atoms. The van der Waals surface area contributed by atoms with E-state index in [1.54, 1.807) is 11.6 Å². The fraction of sp³-hybridized carbons (Fsp3) is 0.167. The molecule has 0 radical (unpaired) electrons. The van der Waals surface area contributed by atoms with Gasteiger partial charge in [0.05, 0.1) is 29.8 Å². The quantitative estimate of drug-likeness (QED) is 0.638.